The average Bonchev–Trinajstić information content (AvgIpc) is 2.69. The van der Waals surface area contributed by atoms with Crippen LogP contribution in [0.1, 0.15) is 130 Å². The molecule has 28 heavy (non-hydrogen) atoms. The lowest BCUT2D eigenvalue weighted by Gasteiger charge is -2.32. The molecule has 1 rings (SSSR count). The molecule has 0 aromatic rings. The Morgan fingerprint density at radius 3 is 1.86 bits per heavy atom. The summed E-state index contributed by atoms with van der Waals surface area (Å²) in [6.07, 6.45) is 19.9. The maximum absolute atomic E-state index is 13.3. The summed E-state index contributed by atoms with van der Waals surface area (Å²) in [5, 5.41) is 0. The van der Waals surface area contributed by atoms with Crippen LogP contribution in [0.25, 0.3) is 0 Å². The molecule has 0 spiro atoms. The van der Waals surface area contributed by atoms with E-state index in [1.807, 2.05) is 0 Å². The Kier molecular flexibility index (Phi) is 14.2. The van der Waals surface area contributed by atoms with Gasteiger partial charge in [0.15, 0.2) is 0 Å². The van der Waals surface area contributed by atoms with Gasteiger partial charge in [0.1, 0.15) is 5.78 Å². The molecule has 1 saturated carbocycles. The van der Waals surface area contributed by atoms with E-state index in [9.17, 15) is 4.79 Å². The lowest BCUT2D eigenvalue weighted by molar-refractivity contribution is -0.127. The van der Waals surface area contributed by atoms with Crippen LogP contribution in [0.2, 0.25) is 0 Å². The summed E-state index contributed by atoms with van der Waals surface area (Å²) in [4.78, 5) is 13.3. The number of carbonyl (C=O) groups excluding carboxylic acids is 1. The minimum absolute atomic E-state index is 0.234. The maximum Gasteiger partial charge on any atom is 0.138 e. The van der Waals surface area contributed by atoms with Gasteiger partial charge in [-0.1, -0.05) is 85.5 Å². The normalized spacial score (nSPS) is 23.3. The van der Waals surface area contributed by atoms with Gasteiger partial charge in [-0.3, -0.25) is 4.79 Å². The van der Waals surface area contributed by atoms with Gasteiger partial charge in [-0.05, 0) is 56.8 Å². The lowest BCUT2D eigenvalue weighted by atomic mass is 9.74. The number of hydrogen-bond donors (Lipinski definition) is 1. The van der Waals surface area contributed by atoms with Crippen molar-refractivity contribution in [1.82, 2.24) is 0 Å². The van der Waals surface area contributed by atoms with Crippen LogP contribution in [-0.2, 0) is 4.79 Å². The summed E-state index contributed by atoms with van der Waals surface area (Å²) in [5.41, 5.74) is 6.08. The number of rotatable bonds is 16. The number of Topliss-reactive ketones (excluding diaryl/α,β-unsaturated/α-hetero) is 1. The second kappa shape index (κ2) is 15.5. The molecule has 3 atom stereocenters. The molecule has 0 saturated heterocycles. The summed E-state index contributed by atoms with van der Waals surface area (Å²) >= 11 is 0. The first-order valence-corrected chi connectivity index (χ1v) is 12.8. The Morgan fingerprint density at radius 2 is 1.32 bits per heavy atom. The van der Waals surface area contributed by atoms with E-state index in [2.05, 4.69) is 27.7 Å². The third kappa shape index (κ3) is 10.4. The molecule has 0 radical (unpaired) electrons. The van der Waals surface area contributed by atoms with E-state index in [-0.39, 0.29) is 5.92 Å². The first-order valence-electron chi connectivity index (χ1n) is 12.8. The molecule has 0 aromatic heterocycles. The maximum atomic E-state index is 13.3. The van der Waals surface area contributed by atoms with Crippen LogP contribution in [-0.4, -0.2) is 11.8 Å². The number of nitrogens with two attached hydrogens (primary N) is 1. The third-order valence-electron chi connectivity index (χ3n) is 7.30. The average molecular weight is 394 g/mol. The lowest BCUT2D eigenvalue weighted by Crippen LogP contribution is -2.31. The second-order valence-corrected chi connectivity index (χ2v) is 9.94. The molecule has 2 heteroatoms. The van der Waals surface area contributed by atoms with Gasteiger partial charge >= 0.3 is 0 Å². The molecule has 166 valence electrons. The summed E-state index contributed by atoms with van der Waals surface area (Å²) in [6, 6.07) is 0.419. The molecule has 0 amide bonds. The van der Waals surface area contributed by atoms with Crippen molar-refractivity contribution in [1.29, 1.82) is 0 Å². The minimum Gasteiger partial charge on any atom is -0.328 e. The van der Waals surface area contributed by atoms with Gasteiger partial charge in [-0.25, -0.2) is 0 Å². The molecule has 0 heterocycles. The Bertz CT molecular complexity index is 386. The van der Waals surface area contributed by atoms with E-state index in [1.165, 1.54) is 83.5 Å². The standard InChI is InChI=1S/C26H51NO/c1-5-7-9-11-13-15-24(14-12-10-8-6-2)26(28)22(4)20-21(3)23-16-18-25(27)19-17-23/h21-25H,5-20,27H2,1-4H3. The highest BCUT2D eigenvalue weighted by atomic mass is 16.1. The Balaban J connectivity index is 2.48. The highest BCUT2D eigenvalue weighted by Crippen LogP contribution is 2.34. The summed E-state index contributed by atoms with van der Waals surface area (Å²) in [5.74, 6) is 2.58. The molecule has 3 unspecified atom stereocenters. The zero-order chi connectivity index (χ0) is 20.8. The molecule has 1 aliphatic rings. The largest absolute Gasteiger partial charge is 0.328 e. The van der Waals surface area contributed by atoms with Crippen LogP contribution in [0, 0.1) is 23.7 Å². The van der Waals surface area contributed by atoms with Crippen LogP contribution in [0.5, 0.6) is 0 Å². The number of carbonyl (C=O) groups is 1. The molecule has 2 nitrogen and oxygen atoms in total. The van der Waals surface area contributed by atoms with Crippen molar-refractivity contribution >= 4 is 5.78 Å². The van der Waals surface area contributed by atoms with Crippen LogP contribution >= 0.6 is 0 Å². The van der Waals surface area contributed by atoms with Crippen molar-refractivity contribution in [2.24, 2.45) is 29.4 Å². The van der Waals surface area contributed by atoms with Gasteiger partial charge in [-0.15, -0.1) is 0 Å². The first-order chi connectivity index (χ1) is 13.5. The minimum atomic E-state index is 0.234. The molecule has 2 N–H and O–H groups in total. The predicted molar refractivity (Wildman–Crippen MR) is 124 cm³/mol. The van der Waals surface area contributed by atoms with Gasteiger partial charge in [0.05, 0.1) is 0 Å². The summed E-state index contributed by atoms with van der Waals surface area (Å²) < 4.78 is 0. The second-order valence-electron chi connectivity index (χ2n) is 9.94. The van der Waals surface area contributed by atoms with E-state index in [4.69, 9.17) is 5.73 Å². The van der Waals surface area contributed by atoms with Gasteiger partial charge < -0.3 is 5.73 Å². The van der Waals surface area contributed by atoms with E-state index in [0.29, 0.717) is 23.7 Å². The van der Waals surface area contributed by atoms with Crippen molar-refractivity contribution in [2.75, 3.05) is 0 Å². The van der Waals surface area contributed by atoms with Gasteiger partial charge in [0.25, 0.3) is 0 Å². The van der Waals surface area contributed by atoms with Crippen molar-refractivity contribution < 1.29 is 4.79 Å². The highest BCUT2D eigenvalue weighted by Gasteiger charge is 2.29. The van der Waals surface area contributed by atoms with E-state index >= 15 is 0 Å². The molecule has 0 bridgehead atoms. The van der Waals surface area contributed by atoms with Gasteiger partial charge in [-0.2, -0.15) is 0 Å². The molecule has 0 aromatic carbocycles. The fourth-order valence-corrected chi connectivity index (χ4v) is 5.22. The fourth-order valence-electron chi connectivity index (χ4n) is 5.22. The van der Waals surface area contributed by atoms with Gasteiger partial charge in [0.2, 0.25) is 0 Å². The molecular weight excluding hydrogens is 342 g/mol. The Labute approximate surface area is 176 Å². The summed E-state index contributed by atoms with van der Waals surface area (Å²) in [7, 11) is 0. The predicted octanol–water partition coefficient (Wildman–Crippen LogP) is 7.68. The topological polar surface area (TPSA) is 43.1 Å². The Hall–Kier alpha value is -0.370. The molecule has 1 aliphatic carbocycles. The molecule has 1 fully saturated rings. The van der Waals surface area contributed by atoms with Crippen molar-refractivity contribution in [3.63, 3.8) is 0 Å². The van der Waals surface area contributed by atoms with Crippen LogP contribution in [0.15, 0.2) is 0 Å². The van der Waals surface area contributed by atoms with Crippen LogP contribution < -0.4 is 5.73 Å². The monoisotopic (exact) mass is 393 g/mol. The van der Waals surface area contributed by atoms with E-state index < -0.39 is 0 Å². The number of unbranched alkanes of at least 4 members (excludes halogenated alkanes) is 7. The molecular formula is C26H51NO. The number of hydrogen-bond acceptors (Lipinski definition) is 2. The van der Waals surface area contributed by atoms with Gasteiger partial charge in [0, 0.05) is 17.9 Å². The SMILES string of the molecule is CCCCCCCC(CCCCCC)C(=O)C(C)CC(C)C1CCC(N)CC1. The van der Waals surface area contributed by atoms with Crippen molar-refractivity contribution in [3.8, 4) is 0 Å². The number of ketones is 1. The zero-order valence-corrected chi connectivity index (χ0v) is 19.7. The van der Waals surface area contributed by atoms with E-state index in [1.54, 1.807) is 0 Å². The fraction of sp³-hybridized carbons (Fsp3) is 0.962. The van der Waals surface area contributed by atoms with Crippen molar-refractivity contribution in [2.45, 2.75) is 136 Å². The van der Waals surface area contributed by atoms with E-state index in [0.717, 1.165) is 25.2 Å². The highest BCUT2D eigenvalue weighted by molar-refractivity contribution is 5.83. The Morgan fingerprint density at radius 1 is 0.821 bits per heavy atom. The smallest absolute Gasteiger partial charge is 0.138 e. The van der Waals surface area contributed by atoms with Crippen molar-refractivity contribution in [3.05, 3.63) is 0 Å². The zero-order valence-electron chi connectivity index (χ0n) is 19.7. The van der Waals surface area contributed by atoms with Crippen LogP contribution in [0.3, 0.4) is 0 Å². The summed E-state index contributed by atoms with van der Waals surface area (Å²) in [6.45, 7) is 9.12. The third-order valence-corrected chi connectivity index (χ3v) is 7.30. The first kappa shape index (κ1) is 25.7. The van der Waals surface area contributed by atoms with Crippen LogP contribution in [0.4, 0.5) is 0 Å². The quantitative estimate of drug-likeness (QED) is 0.273. The molecule has 0 aliphatic heterocycles.